The van der Waals surface area contributed by atoms with Gasteiger partial charge in [0.1, 0.15) is 12.1 Å². The molecule has 3 heterocycles. The molecule has 196 valence electrons. The first-order chi connectivity index (χ1) is 17.6. The summed E-state index contributed by atoms with van der Waals surface area (Å²) in [4.78, 5) is 31.5. The lowest BCUT2D eigenvalue weighted by molar-refractivity contribution is -0.141. The molecular formula is C28H34N4O4S. The molecule has 3 aromatic rings. The lowest BCUT2D eigenvalue weighted by Crippen LogP contribution is -2.57. The van der Waals surface area contributed by atoms with E-state index in [0.29, 0.717) is 25.8 Å². The number of hydrogen-bond donors (Lipinski definition) is 2. The van der Waals surface area contributed by atoms with Gasteiger partial charge < -0.3 is 15.6 Å². The molecule has 2 aliphatic heterocycles. The fraction of sp³-hybridized carbons (Fsp3) is 0.429. The van der Waals surface area contributed by atoms with Gasteiger partial charge in [-0.3, -0.25) is 9.59 Å². The number of amides is 2. The zero-order chi connectivity index (χ0) is 26.5. The van der Waals surface area contributed by atoms with Gasteiger partial charge in [-0.25, -0.2) is 8.42 Å². The fourth-order valence-electron chi connectivity index (χ4n) is 5.90. The van der Waals surface area contributed by atoms with E-state index in [4.69, 9.17) is 5.73 Å². The number of carbonyl (C=O) groups excluding carboxylic acids is 2. The van der Waals surface area contributed by atoms with Crippen molar-refractivity contribution >= 4 is 32.7 Å². The highest BCUT2D eigenvalue weighted by molar-refractivity contribution is 7.89. The number of nitrogens with two attached hydrogens (primary N) is 1. The van der Waals surface area contributed by atoms with E-state index < -0.39 is 34.1 Å². The van der Waals surface area contributed by atoms with E-state index in [-0.39, 0.29) is 23.1 Å². The summed E-state index contributed by atoms with van der Waals surface area (Å²) >= 11 is 0. The minimum atomic E-state index is -4.07. The molecule has 1 aromatic heterocycles. The van der Waals surface area contributed by atoms with Crippen LogP contribution in [-0.2, 0) is 26.0 Å². The molecule has 0 bridgehead atoms. The number of aromatic amines is 1. The zero-order valence-electron chi connectivity index (χ0n) is 21.5. The second-order valence-corrected chi connectivity index (χ2v) is 12.5. The monoisotopic (exact) mass is 522 g/mol. The predicted octanol–water partition coefficient (Wildman–Crippen LogP) is 3.66. The van der Waals surface area contributed by atoms with Crippen LogP contribution in [0.5, 0.6) is 0 Å². The van der Waals surface area contributed by atoms with Crippen LogP contribution in [0, 0.1) is 12.8 Å². The molecule has 3 atom stereocenters. The van der Waals surface area contributed by atoms with Crippen molar-refractivity contribution in [2.45, 2.75) is 69.5 Å². The maximum Gasteiger partial charge on any atom is 0.244 e. The van der Waals surface area contributed by atoms with Crippen molar-refractivity contribution in [3.05, 3.63) is 65.4 Å². The number of rotatable bonds is 6. The minimum Gasteiger partial charge on any atom is -0.368 e. The summed E-state index contributed by atoms with van der Waals surface area (Å²) in [6.45, 7) is 6.39. The Morgan fingerprint density at radius 3 is 2.46 bits per heavy atom. The number of aryl methyl sites for hydroxylation is 1. The average molecular weight is 523 g/mol. The third-order valence-electron chi connectivity index (χ3n) is 7.63. The molecule has 0 aliphatic carbocycles. The van der Waals surface area contributed by atoms with Gasteiger partial charge in [0.05, 0.1) is 10.9 Å². The smallest absolute Gasteiger partial charge is 0.244 e. The SMILES string of the molecule is Cc1ccc(S(=O)(=O)N2[C@H](C(=O)N3CCC[C@H]3C(N)=O)Cc3c([nH]c4ccccc34)[C@@H]2CC(C)C)cc1. The molecule has 1 fully saturated rings. The van der Waals surface area contributed by atoms with E-state index in [9.17, 15) is 18.0 Å². The number of likely N-dealkylation sites (tertiary alicyclic amines) is 1. The number of para-hydroxylation sites is 1. The van der Waals surface area contributed by atoms with Crippen LogP contribution < -0.4 is 5.73 Å². The molecule has 2 aliphatic rings. The Morgan fingerprint density at radius 2 is 1.78 bits per heavy atom. The third-order valence-corrected chi connectivity index (χ3v) is 9.56. The summed E-state index contributed by atoms with van der Waals surface area (Å²) < 4.78 is 30.0. The summed E-state index contributed by atoms with van der Waals surface area (Å²) in [5, 5.41) is 0.990. The zero-order valence-corrected chi connectivity index (χ0v) is 22.3. The van der Waals surface area contributed by atoms with Crippen LogP contribution in [0.4, 0.5) is 0 Å². The van der Waals surface area contributed by atoms with E-state index >= 15 is 0 Å². The van der Waals surface area contributed by atoms with Gasteiger partial charge in [-0.05, 0) is 55.9 Å². The van der Waals surface area contributed by atoms with Gasteiger partial charge in [-0.1, -0.05) is 49.7 Å². The average Bonchev–Trinajstić information content (AvgIpc) is 3.49. The number of benzene rings is 2. The largest absolute Gasteiger partial charge is 0.368 e. The Hall–Kier alpha value is -3.17. The molecule has 0 saturated carbocycles. The topological polar surface area (TPSA) is 117 Å². The number of fused-ring (bicyclic) bond motifs is 3. The van der Waals surface area contributed by atoms with E-state index in [1.54, 1.807) is 24.3 Å². The highest BCUT2D eigenvalue weighted by Gasteiger charge is 2.49. The first kappa shape index (κ1) is 25.5. The maximum absolute atomic E-state index is 14.3. The van der Waals surface area contributed by atoms with Crippen molar-refractivity contribution in [1.82, 2.24) is 14.2 Å². The van der Waals surface area contributed by atoms with Crippen LogP contribution in [0.2, 0.25) is 0 Å². The van der Waals surface area contributed by atoms with Crippen LogP contribution in [0.15, 0.2) is 53.4 Å². The standard InChI is InChI=1S/C28H34N4O4S/c1-17(2)15-24-26-21(20-7-4-5-8-22(20)30-26)16-25(28(34)31-14-6-9-23(31)27(29)33)32(24)37(35,36)19-12-10-18(3)11-13-19/h4-5,7-8,10-13,17,23-25,30H,6,9,14-16H2,1-3H3,(H2,29,33)/t23-,24-,25-/m0/s1. The number of carbonyl (C=O) groups is 2. The number of nitrogens with one attached hydrogen (secondary N) is 1. The molecule has 5 rings (SSSR count). The number of aromatic nitrogens is 1. The van der Waals surface area contributed by atoms with Gasteiger partial charge in [0.15, 0.2) is 0 Å². The summed E-state index contributed by atoms with van der Waals surface area (Å²) in [6, 6.07) is 12.3. The van der Waals surface area contributed by atoms with Gasteiger partial charge in [-0.2, -0.15) is 4.31 Å². The Bertz CT molecular complexity index is 1440. The Labute approximate surface area is 217 Å². The highest BCUT2D eigenvalue weighted by Crippen LogP contribution is 2.44. The van der Waals surface area contributed by atoms with Crippen LogP contribution >= 0.6 is 0 Å². The van der Waals surface area contributed by atoms with Crippen LogP contribution in [0.3, 0.4) is 0 Å². The lowest BCUT2D eigenvalue weighted by atomic mass is 9.89. The number of H-pyrrole nitrogens is 1. The van der Waals surface area contributed by atoms with Crippen LogP contribution in [-0.4, -0.2) is 53.0 Å². The molecule has 8 nitrogen and oxygen atoms in total. The van der Waals surface area contributed by atoms with Crippen molar-refractivity contribution in [3.63, 3.8) is 0 Å². The summed E-state index contributed by atoms with van der Waals surface area (Å²) in [5.74, 6) is -0.748. The molecule has 0 radical (unpaired) electrons. The molecular weight excluding hydrogens is 488 g/mol. The maximum atomic E-state index is 14.3. The second kappa shape index (κ2) is 9.61. The first-order valence-electron chi connectivity index (χ1n) is 12.9. The van der Waals surface area contributed by atoms with E-state index in [1.165, 1.54) is 9.21 Å². The summed E-state index contributed by atoms with van der Waals surface area (Å²) in [6.07, 6.45) is 1.91. The number of nitrogens with zero attached hydrogens (tertiary/aromatic N) is 2. The van der Waals surface area contributed by atoms with Gasteiger partial charge in [-0.15, -0.1) is 0 Å². The first-order valence-corrected chi connectivity index (χ1v) is 14.3. The third kappa shape index (κ3) is 4.44. The van der Waals surface area contributed by atoms with Crippen molar-refractivity contribution in [2.24, 2.45) is 11.7 Å². The van der Waals surface area contributed by atoms with E-state index in [2.05, 4.69) is 4.98 Å². The van der Waals surface area contributed by atoms with Crippen molar-refractivity contribution in [2.75, 3.05) is 6.54 Å². The molecule has 9 heteroatoms. The van der Waals surface area contributed by atoms with Crippen LogP contribution in [0.25, 0.3) is 10.9 Å². The normalized spacial score (nSPS) is 22.5. The predicted molar refractivity (Wildman–Crippen MR) is 142 cm³/mol. The lowest BCUT2D eigenvalue weighted by Gasteiger charge is -2.42. The van der Waals surface area contributed by atoms with Crippen LogP contribution in [0.1, 0.15) is 56.0 Å². The van der Waals surface area contributed by atoms with Gasteiger partial charge >= 0.3 is 0 Å². The van der Waals surface area contributed by atoms with E-state index in [0.717, 1.165) is 27.7 Å². The highest BCUT2D eigenvalue weighted by atomic mass is 32.2. The molecule has 0 spiro atoms. The fourth-order valence-corrected chi connectivity index (χ4v) is 7.65. The molecule has 0 unspecified atom stereocenters. The van der Waals surface area contributed by atoms with E-state index in [1.807, 2.05) is 45.0 Å². The minimum absolute atomic E-state index is 0.150. The Balaban J connectivity index is 1.70. The van der Waals surface area contributed by atoms with Crippen molar-refractivity contribution in [1.29, 1.82) is 0 Å². The quantitative estimate of drug-likeness (QED) is 0.514. The molecule has 2 aromatic carbocycles. The molecule has 3 N–H and O–H groups in total. The Kier molecular flexibility index (Phi) is 6.62. The summed E-state index contributed by atoms with van der Waals surface area (Å²) in [7, 11) is -4.07. The van der Waals surface area contributed by atoms with Gasteiger partial charge in [0, 0.05) is 29.6 Å². The summed E-state index contributed by atoms with van der Waals surface area (Å²) in [5.41, 5.74) is 9.30. The molecule has 37 heavy (non-hydrogen) atoms. The number of primary amides is 1. The van der Waals surface area contributed by atoms with Gasteiger partial charge in [0.2, 0.25) is 21.8 Å². The molecule has 2 amide bonds. The van der Waals surface area contributed by atoms with Gasteiger partial charge in [0.25, 0.3) is 0 Å². The number of sulfonamides is 1. The number of hydrogen-bond acceptors (Lipinski definition) is 4. The molecule has 1 saturated heterocycles. The van der Waals surface area contributed by atoms with Crippen molar-refractivity contribution < 1.29 is 18.0 Å². The second-order valence-electron chi connectivity index (χ2n) is 10.7. The van der Waals surface area contributed by atoms with Crippen molar-refractivity contribution in [3.8, 4) is 0 Å². The Morgan fingerprint density at radius 1 is 1.08 bits per heavy atom.